The Hall–Kier alpha value is -1.71. The third kappa shape index (κ3) is 4.43. The molecule has 24 heavy (non-hydrogen) atoms. The van der Waals surface area contributed by atoms with E-state index >= 15 is 0 Å². The van der Waals surface area contributed by atoms with Gasteiger partial charge in [-0.25, -0.2) is 8.70 Å². The number of para-hydroxylation sites is 1. The Kier molecular flexibility index (Phi) is 6.14. The normalized spacial score (nSPS) is 17.9. The van der Waals surface area contributed by atoms with Crippen molar-refractivity contribution in [1.82, 2.24) is 9.62 Å². The summed E-state index contributed by atoms with van der Waals surface area (Å²) in [6.07, 6.45) is 1.74. The van der Waals surface area contributed by atoms with E-state index in [-0.39, 0.29) is 11.8 Å². The van der Waals surface area contributed by atoms with Crippen LogP contribution in [0.25, 0.3) is 0 Å². The molecule has 1 aromatic rings. The van der Waals surface area contributed by atoms with Crippen molar-refractivity contribution < 1.29 is 22.3 Å². The summed E-state index contributed by atoms with van der Waals surface area (Å²) in [6, 6.07) is 5.44. The van der Waals surface area contributed by atoms with E-state index < -0.39 is 28.5 Å². The molecule has 0 unspecified atom stereocenters. The van der Waals surface area contributed by atoms with Crippen LogP contribution in [0.4, 0.5) is 10.1 Å². The summed E-state index contributed by atoms with van der Waals surface area (Å²) in [5.74, 6) is -1.23. The summed E-state index contributed by atoms with van der Waals surface area (Å²) < 4.78 is 46.1. The van der Waals surface area contributed by atoms with Gasteiger partial charge in [0.1, 0.15) is 12.4 Å². The van der Waals surface area contributed by atoms with Gasteiger partial charge in [-0.05, 0) is 25.0 Å². The van der Waals surface area contributed by atoms with E-state index in [0.29, 0.717) is 13.2 Å². The van der Waals surface area contributed by atoms with Crippen LogP contribution in [0.5, 0.6) is 0 Å². The van der Waals surface area contributed by atoms with E-state index in [2.05, 4.69) is 5.32 Å². The topological polar surface area (TPSA) is 79.0 Å². The zero-order valence-electron chi connectivity index (χ0n) is 13.7. The summed E-state index contributed by atoms with van der Waals surface area (Å²) in [5, 5.41) is 2.64. The lowest BCUT2D eigenvalue weighted by molar-refractivity contribution is -0.120. The molecule has 1 heterocycles. The van der Waals surface area contributed by atoms with Crippen molar-refractivity contribution in [1.29, 1.82) is 0 Å². The molecular weight excluding hydrogens is 337 g/mol. The number of amides is 1. The Morgan fingerprint density at radius 1 is 1.38 bits per heavy atom. The van der Waals surface area contributed by atoms with Crippen LogP contribution in [-0.4, -0.2) is 58.5 Å². The van der Waals surface area contributed by atoms with Crippen LogP contribution < -0.4 is 9.62 Å². The molecule has 1 N–H and O–H groups in total. The lowest BCUT2D eigenvalue weighted by Crippen LogP contribution is -2.47. The van der Waals surface area contributed by atoms with Crippen molar-refractivity contribution in [2.24, 2.45) is 0 Å². The summed E-state index contributed by atoms with van der Waals surface area (Å²) in [6.45, 7) is 0.469. The second-order valence-electron chi connectivity index (χ2n) is 5.69. The first-order chi connectivity index (χ1) is 11.3. The zero-order valence-corrected chi connectivity index (χ0v) is 14.6. The van der Waals surface area contributed by atoms with E-state index in [1.54, 1.807) is 0 Å². The fourth-order valence-corrected chi connectivity index (χ4v) is 3.43. The number of hydrogen-bond acceptors (Lipinski definition) is 4. The van der Waals surface area contributed by atoms with Crippen molar-refractivity contribution in [3.63, 3.8) is 0 Å². The second-order valence-corrected chi connectivity index (χ2v) is 7.75. The minimum absolute atomic E-state index is 0.0543. The molecule has 0 spiro atoms. The fraction of sp³-hybridized carbons (Fsp3) is 0.533. The first-order valence-electron chi connectivity index (χ1n) is 7.65. The van der Waals surface area contributed by atoms with Crippen LogP contribution >= 0.6 is 0 Å². The molecular formula is C15H22FN3O4S. The highest BCUT2D eigenvalue weighted by atomic mass is 32.2. The minimum atomic E-state index is -4.01. The predicted octanol–water partition coefficient (Wildman–Crippen LogP) is 0.734. The van der Waals surface area contributed by atoms with Gasteiger partial charge in [0, 0.05) is 27.2 Å². The Morgan fingerprint density at radius 2 is 2.08 bits per heavy atom. The molecule has 2 rings (SSSR count). The molecule has 134 valence electrons. The third-order valence-corrected chi connectivity index (χ3v) is 5.50. The van der Waals surface area contributed by atoms with Crippen molar-refractivity contribution >= 4 is 21.8 Å². The number of carbonyl (C=O) groups is 1. The molecule has 1 fully saturated rings. The molecule has 1 saturated heterocycles. The van der Waals surface area contributed by atoms with Gasteiger partial charge in [0.05, 0.1) is 11.8 Å². The average molecular weight is 359 g/mol. The van der Waals surface area contributed by atoms with Gasteiger partial charge in [0.25, 0.3) is 0 Å². The van der Waals surface area contributed by atoms with Crippen LogP contribution in [0.3, 0.4) is 0 Å². The maximum absolute atomic E-state index is 14.0. The Morgan fingerprint density at radius 3 is 2.67 bits per heavy atom. The van der Waals surface area contributed by atoms with E-state index in [0.717, 1.165) is 27.5 Å². The highest BCUT2D eigenvalue weighted by Gasteiger charge is 2.29. The standard InChI is InChI=1S/C15H22FN3O4S/c1-18(2)24(21,22)19(14-8-4-3-7-13(14)16)11-15(20)17-10-12-6-5-9-23-12/h3-4,7-8,12H,5-6,9-11H2,1-2H3,(H,17,20)/t12-/m1/s1. The molecule has 0 bridgehead atoms. The highest BCUT2D eigenvalue weighted by Crippen LogP contribution is 2.22. The third-order valence-electron chi connectivity index (χ3n) is 3.70. The molecule has 1 atom stereocenters. The highest BCUT2D eigenvalue weighted by molar-refractivity contribution is 7.90. The molecule has 0 aliphatic carbocycles. The van der Waals surface area contributed by atoms with Crippen LogP contribution in [0.15, 0.2) is 24.3 Å². The lowest BCUT2D eigenvalue weighted by atomic mass is 10.2. The number of rotatable bonds is 7. The summed E-state index contributed by atoms with van der Waals surface area (Å²) in [4.78, 5) is 12.2. The van der Waals surface area contributed by atoms with Crippen LogP contribution in [0.1, 0.15) is 12.8 Å². The van der Waals surface area contributed by atoms with Gasteiger partial charge in [-0.1, -0.05) is 12.1 Å². The van der Waals surface area contributed by atoms with Crippen molar-refractivity contribution in [3.8, 4) is 0 Å². The van der Waals surface area contributed by atoms with E-state index in [4.69, 9.17) is 4.74 Å². The molecule has 0 saturated carbocycles. The maximum Gasteiger partial charge on any atom is 0.304 e. The first-order valence-corrected chi connectivity index (χ1v) is 9.05. The smallest absolute Gasteiger partial charge is 0.304 e. The molecule has 1 aromatic carbocycles. The van der Waals surface area contributed by atoms with Gasteiger partial charge in [-0.3, -0.25) is 4.79 Å². The van der Waals surface area contributed by atoms with Gasteiger partial charge in [-0.2, -0.15) is 12.7 Å². The van der Waals surface area contributed by atoms with Crippen LogP contribution in [0.2, 0.25) is 0 Å². The number of ether oxygens (including phenoxy) is 1. The molecule has 1 aliphatic heterocycles. The number of hydrogen-bond donors (Lipinski definition) is 1. The van der Waals surface area contributed by atoms with Gasteiger partial charge < -0.3 is 10.1 Å². The second kappa shape index (κ2) is 7.91. The van der Waals surface area contributed by atoms with Gasteiger partial charge in [-0.15, -0.1) is 0 Å². The lowest BCUT2D eigenvalue weighted by Gasteiger charge is -2.27. The Labute approximate surface area is 141 Å². The quantitative estimate of drug-likeness (QED) is 0.779. The van der Waals surface area contributed by atoms with Crippen molar-refractivity contribution in [2.75, 3.05) is 38.1 Å². The summed E-state index contributed by atoms with van der Waals surface area (Å²) in [7, 11) is -1.36. The molecule has 0 radical (unpaired) electrons. The van der Waals surface area contributed by atoms with Crippen LogP contribution in [0, 0.1) is 5.82 Å². The zero-order chi connectivity index (χ0) is 17.7. The number of halogens is 1. The van der Waals surface area contributed by atoms with Crippen molar-refractivity contribution in [2.45, 2.75) is 18.9 Å². The molecule has 1 aliphatic rings. The first kappa shape index (κ1) is 18.6. The largest absolute Gasteiger partial charge is 0.376 e. The molecule has 7 nitrogen and oxygen atoms in total. The Balaban J connectivity index is 2.14. The number of anilines is 1. The average Bonchev–Trinajstić information content (AvgIpc) is 3.04. The Bertz CT molecular complexity index is 675. The monoisotopic (exact) mass is 359 g/mol. The van der Waals surface area contributed by atoms with Crippen molar-refractivity contribution in [3.05, 3.63) is 30.1 Å². The van der Waals surface area contributed by atoms with Crippen LogP contribution in [-0.2, 0) is 19.7 Å². The minimum Gasteiger partial charge on any atom is -0.376 e. The van der Waals surface area contributed by atoms with Gasteiger partial charge in [0.15, 0.2) is 0 Å². The molecule has 1 amide bonds. The fourth-order valence-electron chi connectivity index (χ4n) is 2.36. The predicted molar refractivity (Wildman–Crippen MR) is 88.3 cm³/mol. The summed E-state index contributed by atoms with van der Waals surface area (Å²) in [5.41, 5.74) is -0.168. The molecule has 9 heteroatoms. The maximum atomic E-state index is 14.0. The SMILES string of the molecule is CN(C)S(=O)(=O)N(CC(=O)NC[C@H]1CCCO1)c1ccccc1F. The number of carbonyl (C=O) groups excluding carboxylic acids is 1. The number of nitrogens with one attached hydrogen (secondary N) is 1. The van der Waals surface area contributed by atoms with E-state index in [9.17, 15) is 17.6 Å². The molecule has 0 aromatic heterocycles. The number of nitrogens with zero attached hydrogens (tertiary/aromatic N) is 2. The van der Waals surface area contributed by atoms with Gasteiger partial charge >= 0.3 is 10.2 Å². The summed E-state index contributed by atoms with van der Waals surface area (Å²) >= 11 is 0. The van der Waals surface area contributed by atoms with E-state index in [1.807, 2.05) is 0 Å². The number of benzene rings is 1. The van der Waals surface area contributed by atoms with E-state index in [1.165, 1.54) is 32.3 Å². The van der Waals surface area contributed by atoms with Gasteiger partial charge in [0.2, 0.25) is 5.91 Å².